The maximum atomic E-state index is 13.8. The minimum absolute atomic E-state index is 0.00123. The second-order valence-corrected chi connectivity index (χ2v) is 10.2. The number of allylic oxidation sites excluding steroid dienone is 1. The lowest BCUT2D eigenvalue weighted by atomic mass is 9.86. The molecule has 2 aromatic rings. The summed E-state index contributed by atoms with van der Waals surface area (Å²) in [5, 5.41) is 5.97. The van der Waals surface area contributed by atoms with E-state index in [1.54, 1.807) is 24.3 Å². The van der Waals surface area contributed by atoms with Crippen molar-refractivity contribution in [1.82, 2.24) is 24.6 Å². The predicted molar refractivity (Wildman–Crippen MR) is 133 cm³/mol. The average molecular weight is 513 g/mol. The van der Waals surface area contributed by atoms with E-state index in [0.717, 1.165) is 4.57 Å². The van der Waals surface area contributed by atoms with Crippen molar-refractivity contribution in [2.45, 2.75) is 57.3 Å². The highest BCUT2D eigenvalue weighted by molar-refractivity contribution is 5.89. The van der Waals surface area contributed by atoms with Crippen molar-refractivity contribution in [3.63, 3.8) is 0 Å². The number of fused-ring (bicyclic) bond motifs is 3. The fourth-order valence-corrected chi connectivity index (χ4v) is 5.34. The van der Waals surface area contributed by atoms with E-state index in [0.29, 0.717) is 49.4 Å². The number of benzene rings is 1. The largest absolute Gasteiger partial charge is 0.454 e. The van der Waals surface area contributed by atoms with Gasteiger partial charge in [0.2, 0.25) is 18.6 Å². The van der Waals surface area contributed by atoms with Crippen LogP contribution in [0.15, 0.2) is 39.9 Å². The highest BCUT2D eigenvalue weighted by Crippen LogP contribution is 2.34. The Kier molecular flexibility index (Phi) is 6.44. The summed E-state index contributed by atoms with van der Waals surface area (Å²) < 4.78 is 14.6. The number of nitrogens with one attached hydrogen (secondary N) is 2. The molecule has 1 aromatic heterocycles. The zero-order valence-corrected chi connectivity index (χ0v) is 20.9. The summed E-state index contributed by atoms with van der Waals surface area (Å²) in [5.41, 5.74) is 4.37. The molecule has 1 saturated heterocycles. The summed E-state index contributed by atoms with van der Waals surface area (Å²) >= 11 is 0. The second-order valence-electron chi connectivity index (χ2n) is 10.2. The van der Waals surface area contributed by atoms with E-state index in [1.165, 1.54) is 9.36 Å². The fourth-order valence-electron chi connectivity index (χ4n) is 5.34. The van der Waals surface area contributed by atoms with E-state index in [1.807, 2.05) is 19.9 Å². The third kappa shape index (κ3) is 4.45. The minimum Gasteiger partial charge on any atom is -0.454 e. The summed E-state index contributed by atoms with van der Waals surface area (Å²) in [6.07, 6.45) is 5.04. The first kappa shape index (κ1) is 24.9. The number of ether oxygens (including phenoxy) is 2. The van der Waals surface area contributed by atoms with Crippen molar-refractivity contribution in [2.75, 3.05) is 19.9 Å². The molecule has 1 spiro atoms. The number of hydrogen-bond donors (Lipinski definition) is 3. The standard InChI is InChI=1S/C25H32N6O6/c1-15(2)11-17(21(26)32)28-22(33)18-5-6-25(7-9-27-10-8-25)31-24(35)29(23(34)30(18)31)13-16-3-4-19-20(12-16)37-14-36-19/h3-6,12,15,17-18,27H,7-11,13-14H2,1-2H3,(H2,26,32)(H,28,33)/t17-,18?/m0/s1. The number of aromatic nitrogens is 3. The van der Waals surface area contributed by atoms with Crippen LogP contribution in [-0.4, -0.2) is 51.7 Å². The Hall–Kier alpha value is -3.80. The summed E-state index contributed by atoms with van der Waals surface area (Å²) in [5.74, 6) is 0.0405. The molecule has 1 unspecified atom stereocenters. The number of rotatable bonds is 7. The number of nitrogens with two attached hydrogens (primary N) is 1. The molecule has 1 fully saturated rings. The first-order chi connectivity index (χ1) is 17.7. The van der Waals surface area contributed by atoms with Crippen LogP contribution < -0.4 is 37.2 Å². The van der Waals surface area contributed by atoms with Crippen molar-refractivity contribution in [3.05, 3.63) is 56.9 Å². The molecule has 3 aliphatic rings. The molecule has 0 bridgehead atoms. The highest BCUT2D eigenvalue weighted by Gasteiger charge is 2.43. The number of carbonyl (C=O) groups is 2. The van der Waals surface area contributed by atoms with Crippen LogP contribution in [0.1, 0.15) is 44.7 Å². The van der Waals surface area contributed by atoms with Crippen molar-refractivity contribution in [2.24, 2.45) is 11.7 Å². The van der Waals surface area contributed by atoms with Gasteiger partial charge in [-0.3, -0.25) is 9.59 Å². The van der Waals surface area contributed by atoms with Crippen molar-refractivity contribution in [1.29, 1.82) is 0 Å². The Morgan fingerprint density at radius 1 is 1.16 bits per heavy atom. The van der Waals surface area contributed by atoms with Crippen LogP contribution in [0, 0.1) is 5.92 Å². The van der Waals surface area contributed by atoms with E-state index in [4.69, 9.17) is 15.2 Å². The molecular weight excluding hydrogens is 480 g/mol. The van der Waals surface area contributed by atoms with E-state index < -0.39 is 40.8 Å². The highest BCUT2D eigenvalue weighted by atomic mass is 16.7. The van der Waals surface area contributed by atoms with Gasteiger partial charge in [0.1, 0.15) is 6.04 Å². The van der Waals surface area contributed by atoms with Gasteiger partial charge in [-0.1, -0.05) is 32.1 Å². The molecule has 3 aliphatic heterocycles. The quantitative estimate of drug-likeness (QED) is 0.434. The van der Waals surface area contributed by atoms with Crippen LogP contribution in [0.5, 0.6) is 11.5 Å². The number of piperidine rings is 1. The van der Waals surface area contributed by atoms with E-state index in [9.17, 15) is 19.2 Å². The van der Waals surface area contributed by atoms with Gasteiger partial charge in [-0.05, 0) is 56.0 Å². The molecule has 12 heteroatoms. The van der Waals surface area contributed by atoms with Crippen LogP contribution in [0.4, 0.5) is 0 Å². The molecule has 0 aliphatic carbocycles. The first-order valence-corrected chi connectivity index (χ1v) is 12.5. The topological polar surface area (TPSA) is 152 Å². The van der Waals surface area contributed by atoms with Gasteiger partial charge in [0, 0.05) is 0 Å². The lowest BCUT2D eigenvalue weighted by molar-refractivity contribution is -0.129. The van der Waals surface area contributed by atoms with Crippen LogP contribution >= 0.6 is 0 Å². The van der Waals surface area contributed by atoms with E-state index in [2.05, 4.69) is 10.6 Å². The zero-order valence-electron chi connectivity index (χ0n) is 20.9. The predicted octanol–water partition coefficient (Wildman–Crippen LogP) is -0.206. The molecule has 4 heterocycles. The average Bonchev–Trinajstić information content (AvgIpc) is 3.43. The van der Waals surface area contributed by atoms with E-state index in [-0.39, 0.29) is 19.3 Å². The van der Waals surface area contributed by atoms with Gasteiger partial charge in [0.05, 0.1) is 12.1 Å². The van der Waals surface area contributed by atoms with Gasteiger partial charge in [-0.15, -0.1) is 0 Å². The molecule has 1 aromatic carbocycles. The van der Waals surface area contributed by atoms with Gasteiger partial charge < -0.3 is 25.8 Å². The minimum atomic E-state index is -1.10. The molecule has 4 N–H and O–H groups in total. The van der Waals surface area contributed by atoms with Gasteiger partial charge >= 0.3 is 11.4 Å². The molecule has 198 valence electrons. The van der Waals surface area contributed by atoms with Crippen molar-refractivity contribution in [3.8, 4) is 11.5 Å². The van der Waals surface area contributed by atoms with Gasteiger partial charge in [0.25, 0.3) is 0 Å². The fraction of sp³-hybridized carbons (Fsp3) is 0.520. The number of primary amides is 1. The van der Waals surface area contributed by atoms with Crippen molar-refractivity contribution < 1.29 is 19.1 Å². The lowest BCUT2D eigenvalue weighted by Gasteiger charge is -2.40. The van der Waals surface area contributed by atoms with Crippen LogP contribution in [0.3, 0.4) is 0 Å². The Labute approximate surface area is 213 Å². The molecule has 5 rings (SSSR count). The summed E-state index contributed by atoms with van der Waals surface area (Å²) in [6, 6.07) is 3.25. The molecular formula is C25H32N6O6. The van der Waals surface area contributed by atoms with Crippen LogP contribution in [0.2, 0.25) is 0 Å². The van der Waals surface area contributed by atoms with E-state index >= 15 is 0 Å². The van der Waals surface area contributed by atoms with Crippen molar-refractivity contribution >= 4 is 11.8 Å². The summed E-state index contributed by atoms with van der Waals surface area (Å²) in [4.78, 5) is 52.9. The third-order valence-corrected chi connectivity index (χ3v) is 7.21. The summed E-state index contributed by atoms with van der Waals surface area (Å²) in [7, 11) is 0. The molecule has 12 nitrogen and oxygen atoms in total. The van der Waals surface area contributed by atoms with Gasteiger partial charge in [-0.25, -0.2) is 23.5 Å². The lowest BCUT2D eigenvalue weighted by Crippen LogP contribution is -2.55. The Balaban J connectivity index is 1.55. The maximum absolute atomic E-state index is 13.8. The SMILES string of the molecule is CC(C)C[C@H](NC(=O)C1C=CC2(CCNCC2)n2c(=O)n(Cc3ccc4c(c3)OCO4)c(=O)n21)C(N)=O. The Morgan fingerprint density at radius 2 is 1.89 bits per heavy atom. The second kappa shape index (κ2) is 9.58. The van der Waals surface area contributed by atoms with Crippen LogP contribution in [-0.2, 0) is 21.7 Å². The molecule has 2 atom stereocenters. The number of carbonyl (C=O) groups excluding carboxylic acids is 2. The normalized spacial score (nSPS) is 20.1. The maximum Gasteiger partial charge on any atom is 0.348 e. The zero-order chi connectivity index (χ0) is 26.3. The van der Waals surface area contributed by atoms with Gasteiger partial charge in [0.15, 0.2) is 17.5 Å². The third-order valence-electron chi connectivity index (χ3n) is 7.21. The summed E-state index contributed by atoms with van der Waals surface area (Å²) in [6.45, 7) is 5.27. The molecule has 0 radical (unpaired) electrons. The monoisotopic (exact) mass is 512 g/mol. The number of nitrogens with zero attached hydrogens (tertiary/aromatic N) is 3. The van der Waals surface area contributed by atoms with Gasteiger partial charge in [-0.2, -0.15) is 0 Å². The number of hydrogen-bond acceptors (Lipinski definition) is 7. The number of amides is 2. The molecule has 2 amide bonds. The Morgan fingerprint density at radius 3 is 2.59 bits per heavy atom. The molecule has 37 heavy (non-hydrogen) atoms. The smallest absolute Gasteiger partial charge is 0.348 e. The van der Waals surface area contributed by atoms with Crippen LogP contribution in [0.25, 0.3) is 0 Å². The first-order valence-electron chi connectivity index (χ1n) is 12.5. The molecule has 0 saturated carbocycles. The Bertz CT molecular complexity index is 1360.